The van der Waals surface area contributed by atoms with Crippen LogP contribution >= 0.6 is 0 Å². The summed E-state index contributed by atoms with van der Waals surface area (Å²) in [6, 6.07) is 5.80. The lowest BCUT2D eigenvalue weighted by Gasteiger charge is -2.24. The molecule has 0 unspecified atom stereocenters. The summed E-state index contributed by atoms with van der Waals surface area (Å²) in [4.78, 5) is 0. The molecular weight excluding hydrogens is 243 g/mol. The van der Waals surface area contributed by atoms with Crippen molar-refractivity contribution in [2.45, 2.75) is 25.8 Å². The highest BCUT2D eigenvalue weighted by atomic mass is 19.1. The molecule has 2 aromatic rings. The van der Waals surface area contributed by atoms with Crippen molar-refractivity contribution in [1.82, 2.24) is 4.57 Å². The molecular formula is C15H15FN2O. The third-order valence-electron chi connectivity index (χ3n) is 3.82. The molecule has 0 aliphatic carbocycles. The predicted octanol–water partition coefficient (Wildman–Crippen LogP) is 3.31. The molecule has 1 aromatic carbocycles. The van der Waals surface area contributed by atoms with Gasteiger partial charge < -0.3 is 9.30 Å². The highest BCUT2D eigenvalue weighted by Gasteiger charge is 2.20. The third kappa shape index (κ3) is 2.00. The van der Waals surface area contributed by atoms with Crippen LogP contribution in [0.15, 0.2) is 18.3 Å². The number of halogens is 1. The largest absolute Gasteiger partial charge is 0.381 e. The van der Waals surface area contributed by atoms with Crippen LogP contribution in [0.25, 0.3) is 10.9 Å². The normalized spacial score (nSPS) is 16.7. The molecule has 1 aliphatic heterocycles. The summed E-state index contributed by atoms with van der Waals surface area (Å²) >= 11 is 0. The number of hydrogen-bond acceptors (Lipinski definition) is 2. The van der Waals surface area contributed by atoms with Crippen molar-refractivity contribution in [1.29, 1.82) is 5.26 Å². The minimum absolute atomic E-state index is 0.256. The van der Waals surface area contributed by atoms with Gasteiger partial charge >= 0.3 is 0 Å². The molecule has 1 fully saturated rings. The van der Waals surface area contributed by atoms with Crippen molar-refractivity contribution < 1.29 is 9.13 Å². The molecule has 0 radical (unpaired) electrons. The number of nitriles is 1. The number of hydrogen-bond donors (Lipinski definition) is 0. The maximum absolute atomic E-state index is 13.7. The monoisotopic (exact) mass is 258 g/mol. The van der Waals surface area contributed by atoms with E-state index < -0.39 is 0 Å². The number of fused-ring (bicyclic) bond motifs is 1. The second-order valence-electron chi connectivity index (χ2n) is 5.02. The summed E-state index contributed by atoms with van der Waals surface area (Å²) in [5.41, 5.74) is 2.10. The van der Waals surface area contributed by atoms with Gasteiger partial charge in [-0.25, -0.2) is 4.39 Å². The van der Waals surface area contributed by atoms with E-state index in [1.54, 1.807) is 6.92 Å². The summed E-state index contributed by atoms with van der Waals surface area (Å²) in [7, 11) is 0. The molecule has 0 bridgehead atoms. The lowest BCUT2D eigenvalue weighted by atomic mass is 10.1. The SMILES string of the molecule is Cc1cc2c(cc1F)c(C#N)cn2C1CCOCC1. The fraction of sp³-hybridized carbons (Fsp3) is 0.400. The zero-order valence-corrected chi connectivity index (χ0v) is 10.8. The Morgan fingerprint density at radius 1 is 1.37 bits per heavy atom. The summed E-state index contributed by atoms with van der Waals surface area (Å²) in [5.74, 6) is -0.256. The van der Waals surface area contributed by atoms with Gasteiger partial charge in [0.2, 0.25) is 0 Å². The Morgan fingerprint density at radius 2 is 2.11 bits per heavy atom. The van der Waals surface area contributed by atoms with Crippen molar-refractivity contribution in [3.63, 3.8) is 0 Å². The summed E-state index contributed by atoms with van der Waals surface area (Å²) in [5, 5.41) is 9.90. The molecule has 98 valence electrons. The second kappa shape index (κ2) is 4.67. The fourth-order valence-corrected chi connectivity index (χ4v) is 2.73. The molecule has 0 spiro atoms. The van der Waals surface area contributed by atoms with Crippen molar-refractivity contribution in [3.8, 4) is 6.07 Å². The number of aromatic nitrogens is 1. The maximum atomic E-state index is 13.7. The molecule has 19 heavy (non-hydrogen) atoms. The highest BCUT2D eigenvalue weighted by molar-refractivity contribution is 5.87. The smallest absolute Gasteiger partial charge is 0.126 e. The average molecular weight is 258 g/mol. The molecule has 3 rings (SSSR count). The number of rotatable bonds is 1. The molecule has 4 heteroatoms. The van der Waals surface area contributed by atoms with E-state index in [0.717, 1.165) is 31.6 Å². The first-order valence-corrected chi connectivity index (χ1v) is 6.49. The summed E-state index contributed by atoms with van der Waals surface area (Å²) in [6.07, 6.45) is 3.72. The van der Waals surface area contributed by atoms with E-state index in [1.165, 1.54) is 6.07 Å². The van der Waals surface area contributed by atoms with Crippen LogP contribution in [-0.4, -0.2) is 17.8 Å². The minimum atomic E-state index is -0.256. The highest BCUT2D eigenvalue weighted by Crippen LogP contribution is 2.30. The van der Waals surface area contributed by atoms with Gasteiger partial charge in [0.05, 0.1) is 11.1 Å². The van der Waals surface area contributed by atoms with Gasteiger partial charge in [-0.3, -0.25) is 0 Å². The fourth-order valence-electron chi connectivity index (χ4n) is 2.73. The number of benzene rings is 1. The van der Waals surface area contributed by atoms with Crippen LogP contribution in [0.1, 0.15) is 30.0 Å². The molecule has 0 N–H and O–H groups in total. The number of ether oxygens (including phenoxy) is 1. The molecule has 1 saturated heterocycles. The van der Waals surface area contributed by atoms with Crippen LogP contribution < -0.4 is 0 Å². The Hall–Kier alpha value is -1.86. The minimum Gasteiger partial charge on any atom is -0.381 e. The number of aryl methyl sites for hydroxylation is 1. The Morgan fingerprint density at radius 3 is 2.79 bits per heavy atom. The van der Waals surface area contributed by atoms with Gasteiger partial charge in [-0.2, -0.15) is 5.26 Å². The zero-order chi connectivity index (χ0) is 13.4. The van der Waals surface area contributed by atoms with Gasteiger partial charge in [-0.05, 0) is 37.5 Å². The van der Waals surface area contributed by atoms with Crippen LogP contribution in [0.5, 0.6) is 0 Å². The topological polar surface area (TPSA) is 38.0 Å². The van der Waals surface area contributed by atoms with E-state index in [4.69, 9.17) is 4.74 Å². The van der Waals surface area contributed by atoms with Crippen LogP contribution in [0.4, 0.5) is 4.39 Å². The van der Waals surface area contributed by atoms with Gasteiger partial charge in [0, 0.05) is 30.8 Å². The van der Waals surface area contributed by atoms with E-state index in [0.29, 0.717) is 22.6 Å². The van der Waals surface area contributed by atoms with Gasteiger partial charge in [-0.15, -0.1) is 0 Å². The van der Waals surface area contributed by atoms with Crippen LogP contribution in [0.2, 0.25) is 0 Å². The van der Waals surface area contributed by atoms with E-state index in [-0.39, 0.29) is 5.82 Å². The van der Waals surface area contributed by atoms with Gasteiger partial charge in [0.15, 0.2) is 0 Å². The van der Waals surface area contributed by atoms with E-state index in [2.05, 4.69) is 10.6 Å². The Bertz CT molecular complexity index is 663. The Balaban J connectivity index is 2.19. The van der Waals surface area contributed by atoms with Crippen LogP contribution in [0.3, 0.4) is 0 Å². The third-order valence-corrected chi connectivity index (χ3v) is 3.82. The summed E-state index contributed by atoms with van der Waals surface area (Å²) < 4.78 is 21.2. The Kier molecular flexibility index (Phi) is 3.00. The lowest BCUT2D eigenvalue weighted by Crippen LogP contribution is -2.18. The molecule has 3 nitrogen and oxygen atoms in total. The van der Waals surface area contributed by atoms with Gasteiger partial charge in [-0.1, -0.05) is 0 Å². The van der Waals surface area contributed by atoms with Crippen LogP contribution in [-0.2, 0) is 4.74 Å². The van der Waals surface area contributed by atoms with Crippen molar-refractivity contribution in [2.24, 2.45) is 0 Å². The number of nitrogens with zero attached hydrogens (tertiary/aromatic N) is 2. The quantitative estimate of drug-likeness (QED) is 0.787. The molecule has 1 aliphatic rings. The molecule has 2 heterocycles. The van der Waals surface area contributed by atoms with Crippen LogP contribution in [0, 0.1) is 24.1 Å². The van der Waals surface area contributed by atoms with Crippen molar-refractivity contribution in [2.75, 3.05) is 13.2 Å². The van der Waals surface area contributed by atoms with E-state index in [1.807, 2.05) is 12.3 Å². The molecule has 0 amide bonds. The van der Waals surface area contributed by atoms with Gasteiger partial charge in [0.1, 0.15) is 11.9 Å². The molecule has 0 saturated carbocycles. The first kappa shape index (κ1) is 12.2. The van der Waals surface area contributed by atoms with E-state index >= 15 is 0 Å². The Labute approximate surface area is 111 Å². The molecule has 0 atom stereocenters. The maximum Gasteiger partial charge on any atom is 0.126 e. The average Bonchev–Trinajstić information content (AvgIpc) is 2.78. The van der Waals surface area contributed by atoms with Crippen molar-refractivity contribution in [3.05, 3.63) is 35.3 Å². The second-order valence-corrected chi connectivity index (χ2v) is 5.02. The predicted molar refractivity (Wildman–Crippen MR) is 70.4 cm³/mol. The first-order chi connectivity index (χ1) is 9.20. The van der Waals surface area contributed by atoms with Crippen molar-refractivity contribution >= 4 is 10.9 Å². The van der Waals surface area contributed by atoms with E-state index in [9.17, 15) is 9.65 Å². The van der Waals surface area contributed by atoms with Gasteiger partial charge in [0.25, 0.3) is 0 Å². The molecule has 1 aromatic heterocycles. The lowest BCUT2D eigenvalue weighted by molar-refractivity contribution is 0.0707. The zero-order valence-electron chi connectivity index (χ0n) is 10.8. The standard InChI is InChI=1S/C15H15FN2O/c1-10-6-15-13(7-14(10)16)11(8-17)9-18(15)12-2-4-19-5-3-12/h6-7,9,12H,2-5H2,1H3. The summed E-state index contributed by atoms with van der Waals surface area (Å²) in [6.45, 7) is 3.24. The first-order valence-electron chi connectivity index (χ1n) is 6.49.